The number of rotatable bonds is 5. The zero-order valence-corrected chi connectivity index (χ0v) is 15.5. The van der Waals surface area contributed by atoms with Gasteiger partial charge in [0, 0.05) is 0 Å². The molecule has 0 aliphatic carbocycles. The van der Waals surface area contributed by atoms with E-state index >= 15 is 0 Å². The summed E-state index contributed by atoms with van der Waals surface area (Å²) in [6.45, 7) is 2.38. The van der Waals surface area contributed by atoms with Gasteiger partial charge in [0.2, 0.25) is 6.69 Å². The third-order valence-corrected chi connectivity index (χ3v) is 11.1. The van der Waals surface area contributed by atoms with Crippen molar-refractivity contribution in [3.05, 3.63) is 60.7 Å². The van der Waals surface area contributed by atoms with Crippen molar-refractivity contribution < 1.29 is 0 Å². The van der Waals surface area contributed by atoms with Crippen LogP contribution in [-0.4, -0.2) is 14.8 Å². The van der Waals surface area contributed by atoms with Gasteiger partial charge in [-0.25, -0.2) is 0 Å². The molecule has 0 radical (unpaired) electrons. The summed E-state index contributed by atoms with van der Waals surface area (Å²) in [6, 6.07) is 23.7. The fourth-order valence-electron chi connectivity index (χ4n) is 2.54. The summed E-state index contributed by atoms with van der Waals surface area (Å²) in [5, 5.41) is 2.91. The molecule has 0 atom stereocenters. The molecule has 0 heterocycles. The van der Waals surface area contributed by atoms with Gasteiger partial charge in [0.25, 0.3) is 0 Å². The van der Waals surface area contributed by atoms with Crippen molar-refractivity contribution in [3.63, 3.8) is 0 Å². The maximum Gasteiger partial charge on any atom is 0.248 e. The van der Waals surface area contributed by atoms with E-state index in [1.54, 1.807) is 0 Å². The standard InChI is InChI=1S/C16H20Cl2Si2/c1-19(13-14-20(2,17)18,15-9-5-3-6-10-15)16-11-7-4-8-12-16/h3-12H,13-14H2,1-2H3. The van der Waals surface area contributed by atoms with Gasteiger partial charge in [-0.3, -0.25) is 0 Å². The molecule has 4 heteroatoms. The first kappa shape index (κ1) is 15.8. The quantitative estimate of drug-likeness (QED) is 0.558. The predicted octanol–water partition coefficient (Wildman–Crippen LogP) is 4.43. The fraction of sp³-hybridized carbons (Fsp3) is 0.250. The Bertz CT molecular complexity index is 496. The molecule has 0 amide bonds. The summed E-state index contributed by atoms with van der Waals surface area (Å²) >= 11 is 12.7. The van der Waals surface area contributed by atoms with Crippen molar-refractivity contribution in [2.24, 2.45) is 0 Å². The van der Waals surface area contributed by atoms with Crippen molar-refractivity contribution in [1.29, 1.82) is 0 Å². The zero-order valence-electron chi connectivity index (χ0n) is 11.9. The largest absolute Gasteiger partial charge is 0.248 e. The fourth-order valence-corrected chi connectivity index (χ4v) is 10.8. The monoisotopic (exact) mass is 338 g/mol. The van der Waals surface area contributed by atoms with Crippen LogP contribution < -0.4 is 10.4 Å². The summed E-state index contributed by atoms with van der Waals surface area (Å²) in [5.74, 6) is 0. The summed E-state index contributed by atoms with van der Waals surface area (Å²) in [7, 11) is -1.75. The van der Waals surface area contributed by atoms with Crippen LogP contribution in [-0.2, 0) is 0 Å². The Kier molecular flexibility index (Phi) is 5.13. The Morgan fingerprint density at radius 1 is 0.700 bits per heavy atom. The van der Waals surface area contributed by atoms with Crippen molar-refractivity contribution in [1.82, 2.24) is 0 Å². The molecule has 2 rings (SSSR count). The average molecular weight is 339 g/mol. The van der Waals surface area contributed by atoms with Crippen LogP contribution in [0.25, 0.3) is 0 Å². The Morgan fingerprint density at radius 2 is 1.10 bits per heavy atom. The maximum absolute atomic E-state index is 6.34. The molecule has 0 saturated heterocycles. The van der Waals surface area contributed by atoms with Crippen LogP contribution in [0.15, 0.2) is 60.7 Å². The average Bonchev–Trinajstić information content (AvgIpc) is 2.46. The van der Waals surface area contributed by atoms with Crippen LogP contribution in [0.2, 0.25) is 25.2 Å². The topological polar surface area (TPSA) is 0 Å². The minimum absolute atomic E-state index is 0.947. The van der Waals surface area contributed by atoms with Crippen molar-refractivity contribution in [3.8, 4) is 0 Å². The second-order valence-electron chi connectivity index (χ2n) is 5.63. The van der Waals surface area contributed by atoms with Gasteiger partial charge in [-0.15, -0.1) is 22.2 Å². The van der Waals surface area contributed by atoms with Gasteiger partial charge in [-0.05, 0) is 18.6 Å². The highest BCUT2D eigenvalue weighted by Crippen LogP contribution is 2.26. The van der Waals surface area contributed by atoms with E-state index < -0.39 is 14.8 Å². The Labute approximate surface area is 133 Å². The zero-order chi connectivity index (χ0) is 14.6. The van der Waals surface area contributed by atoms with Gasteiger partial charge < -0.3 is 0 Å². The van der Waals surface area contributed by atoms with E-state index in [1.165, 1.54) is 10.4 Å². The molecule has 0 spiro atoms. The molecule has 0 aromatic heterocycles. The molecule has 0 aliphatic heterocycles. The van der Waals surface area contributed by atoms with E-state index in [0.717, 1.165) is 12.1 Å². The second-order valence-corrected chi connectivity index (χ2v) is 18.2. The molecule has 0 aliphatic rings. The third-order valence-electron chi connectivity index (χ3n) is 3.89. The number of hydrogen-bond donors (Lipinski definition) is 0. The number of hydrogen-bond acceptors (Lipinski definition) is 0. The van der Waals surface area contributed by atoms with Crippen LogP contribution in [0, 0.1) is 0 Å². The highest BCUT2D eigenvalue weighted by molar-refractivity contribution is 7.45. The van der Waals surface area contributed by atoms with Gasteiger partial charge >= 0.3 is 0 Å². The second kappa shape index (κ2) is 6.48. The van der Waals surface area contributed by atoms with E-state index in [9.17, 15) is 0 Å². The van der Waals surface area contributed by atoms with E-state index in [0.29, 0.717) is 0 Å². The molecule has 0 unspecified atom stereocenters. The van der Waals surface area contributed by atoms with Gasteiger partial charge in [-0.2, -0.15) is 0 Å². The molecule has 2 aromatic carbocycles. The summed E-state index contributed by atoms with van der Waals surface area (Å²) < 4.78 is 0. The third kappa shape index (κ3) is 3.98. The smallest absolute Gasteiger partial charge is 0.146 e. The molecular formula is C16H20Cl2Si2. The minimum atomic E-state index is -2.05. The molecule has 106 valence electrons. The van der Waals surface area contributed by atoms with Crippen molar-refractivity contribution >= 4 is 47.3 Å². The molecule has 0 saturated carbocycles. The van der Waals surface area contributed by atoms with E-state index in [4.69, 9.17) is 22.2 Å². The summed E-state index contributed by atoms with van der Waals surface area (Å²) in [6.07, 6.45) is 0. The molecule has 20 heavy (non-hydrogen) atoms. The lowest BCUT2D eigenvalue weighted by Gasteiger charge is -2.30. The van der Waals surface area contributed by atoms with Crippen molar-refractivity contribution in [2.75, 3.05) is 0 Å². The highest BCUT2D eigenvalue weighted by Gasteiger charge is 2.34. The Hall–Kier alpha value is -0.546. The van der Waals surface area contributed by atoms with Gasteiger partial charge in [0.15, 0.2) is 0 Å². The minimum Gasteiger partial charge on any atom is -0.146 e. The van der Waals surface area contributed by atoms with E-state index in [-0.39, 0.29) is 0 Å². The van der Waals surface area contributed by atoms with Gasteiger partial charge in [-0.1, -0.05) is 77.6 Å². The van der Waals surface area contributed by atoms with Crippen LogP contribution in [0.1, 0.15) is 0 Å². The van der Waals surface area contributed by atoms with Crippen molar-refractivity contribution in [2.45, 2.75) is 25.2 Å². The van der Waals surface area contributed by atoms with E-state index in [1.807, 2.05) is 6.55 Å². The SMILES string of the molecule is C[Si](Cl)(Cl)CC[Si](C)(c1ccccc1)c1ccccc1. The summed E-state index contributed by atoms with van der Waals surface area (Å²) in [4.78, 5) is 0. The van der Waals surface area contributed by atoms with Gasteiger partial charge in [0.05, 0.1) is 0 Å². The maximum atomic E-state index is 6.34. The first-order valence-electron chi connectivity index (χ1n) is 6.91. The van der Waals surface area contributed by atoms with Crippen LogP contribution >= 0.6 is 22.2 Å². The van der Waals surface area contributed by atoms with Crippen LogP contribution in [0.4, 0.5) is 0 Å². The number of benzene rings is 2. The predicted molar refractivity (Wildman–Crippen MR) is 96.7 cm³/mol. The lowest BCUT2D eigenvalue weighted by Crippen LogP contribution is -2.55. The first-order valence-corrected chi connectivity index (χ1v) is 14.3. The number of halogens is 2. The molecule has 0 N–H and O–H groups in total. The Morgan fingerprint density at radius 3 is 1.45 bits per heavy atom. The Balaban J connectivity index is 2.39. The van der Waals surface area contributed by atoms with Crippen LogP contribution in [0.3, 0.4) is 0 Å². The normalized spacial score (nSPS) is 12.4. The first-order chi connectivity index (χ1) is 9.42. The highest BCUT2D eigenvalue weighted by atomic mass is 35.7. The molecular weight excluding hydrogens is 319 g/mol. The lowest BCUT2D eigenvalue weighted by molar-refractivity contribution is 1.34. The van der Waals surface area contributed by atoms with Crippen LogP contribution in [0.5, 0.6) is 0 Å². The summed E-state index contributed by atoms with van der Waals surface area (Å²) in [5.41, 5.74) is 0. The molecule has 0 fully saturated rings. The molecule has 2 aromatic rings. The van der Waals surface area contributed by atoms with Gasteiger partial charge in [0.1, 0.15) is 8.07 Å². The van der Waals surface area contributed by atoms with E-state index in [2.05, 4.69) is 67.2 Å². The molecule has 0 nitrogen and oxygen atoms in total. The lowest BCUT2D eigenvalue weighted by atomic mass is 10.4. The molecule has 0 bridgehead atoms.